The molecule has 5 aromatic rings. The van der Waals surface area contributed by atoms with Gasteiger partial charge in [-0.2, -0.15) is 0 Å². The van der Waals surface area contributed by atoms with Gasteiger partial charge in [0.15, 0.2) is 11.3 Å². The van der Waals surface area contributed by atoms with Crippen molar-refractivity contribution < 1.29 is 0 Å². The topological polar surface area (TPSA) is 65.6 Å². The van der Waals surface area contributed by atoms with Crippen molar-refractivity contribution >= 4 is 44.8 Å². The van der Waals surface area contributed by atoms with Crippen molar-refractivity contribution in [2.75, 3.05) is 0 Å². The van der Waals surface area contributed by atoms with Crippen LogP contribution in [-0.2, 0) is 13.1 Å². The number of halogens is 1. The average Bonchev–Trinajstić information content (AvgIpc) is 3.06. The summed E-state index contributed by atoms with van der Waals surface area (Å²) in [4.78, 5) is 27.6. The van der Waals surface area contributed by atoms with E-state index < -0.39 is 0 Å². The van der Waals surface area contributed by atoms with Gasteiger partial charge >= 0.3 is 0 Å². The fourth-order valence-corrected chi connectivity index (χ4v) is 3.88. The van der Waals surface area contributed by atoms with Crippen LogP contribution in [0.3, 0.4) is 0 Å². The van der Waals surface area contributed by atoms with Crippen LogP contribution >= 0.6 is 11.6 Å². The molecule has 0 radical (unpaired) electrons. The number of rotatable bonds is 5. The van der Waals surface area contributed by atoms with Crippen LogP contribution in [-0.4, -0.2) is 24.1 Å². The molecular formula is C23H20ClN5O. The highest BCUT2D eigenvalue weighted by Crippen LogP contribution is 2.26. The summed E-state index contributed by atoms with van der Waals surface area (Å²) in [5, 5.41) is 1.21. The molecule has 0 bridgehead atoms. The van der Waals surface area contributed by atoms with Gasteiger partial charge in [0.2, 0.25) is 0 Å². The van der Waals surface area contributed by atoms with Crippen LogP contribution in [0.25, 0.3) is 33.2 Å². The molecule has 0 unspecified atom stereocenters. The number of hydrogen-bond donors (Lipinski definition) is 0. The van der Waals surface area contributed by atoms with Crippen LogP contribution in [0.2, 0.25) is 5.02 Å². The number of hydrogen-bond acceptors (Lipinski definition) is 4. The maximum absolute atomic E-state index is 13.3. The molecule has 150 valence electrons. The van der Waals surface area contributed by atoms with E-state index in [0.29, 0.717) is 40.3 Å². The lowest BCUT2D eigenvalue weighted by Crippen LogP contribution is -2.20. The van der Waals surface area contributed by atoms with Crippen molar-refractivity contribution in [3.8, 4) is 0 Å². The first-order valence-electron chi connectivity index (χ1n) is 10.0. The molecule has 0 aliphatic carbocycles. The summed E-state index contributed by atoms with van der Waals surface area (Å²) in [6.07, 6.45) is 3.57. The number of aryl methyl sites for hydroxylation is 1. The molecule has 3 heterocycles. The summed E-state index contributed by atoms with van der Waals surface area (Å²) in [6, 6.07) is 15.4. The third-order valence-electron chi connectivity index (χ3n) is 5.32. The molecule has 0 saturated heterocycles. The minimum Gasteiger partial charge on any atom is -0.304 e. The van der Waals surface area contributed by atoms with Gasteiger partial charge in [0.05, 0.1) is 23.9 Å². The van der Waals surface area contributed by atoms with Gasteiger partial charge in [0.25, 0.3) is 5.56 Å². The second kappa shape index (κ2) is 7.54. The largest absolute Gasteiger partial charge is 0.304 e. The highest BCUT2D eigenvalue weighted by atomic mass is 35.5. The van der Waals surface area contributed by atoms with E-state index in [1.165, 1.54) is 0 Å². The normalized spacial score (nSPS) is 11.7. The molecule has 0 aliphatic rings. The first kappa shape index (κ1) is 18.8. The molecule has 0 N–H and O–H groups in total. The van der Waals surface area contributed by atoms with E-state index in [1.54, 1.807) is 10.9 Å². The molecule has 0 aliphatic heterocycles. The minimum atomic E-state index is -0.0714. The number of fused-ring (bicyclic) bond motifs is 4. The van der Waals surface area contributed by atoms with Gasteiger partial charge in [0, 0.05) is 11.6 Å². The molecule has 0 spiro atoms. The number of aromatic nitrogens is 5. The summed E-state index contributed by atoms with van der Waals surface area (Å²) in [6.45, 7) is 3.27. The fraction of sp³-hybridized carbons (Fsp3) is 0.217. The lowest BCUT2D eigenvalue weighted by Gasteiger charge is -2.08. The molecule has 3 aromatic heterocycles. The summed E-state index contributed by atoms with van der Waals surface area (Å²) < 4.78 is 3.65. The Hall–Kier alpha value is -3.25. The van der Waals surface area contributed by atoms with Gasteiger partial charge < -0.3 is 4.57 Å². The zero-order valence-corrected chi connectivity index (χ0v) is 17.3. The number of unbranched alkanes of at least 4 members (excludes halogenated alkanes) is 1. The third kappa shape index (κ3) is 3.13. The molecular weight excluding hydrogens is 398 g/mol. The Labute approximate surface area is 177 Å². The van der Waals surface area contributed by atoms with E-state index in [2.05, 4.69) is 11.9 Å². The van der Waals surface area contributed by atoms with E-state index in [0.717, 1.165) is 29.4 Å². The van der Waals surface area contributed by atoms with Gasteiger partial charge in [-0.1, -0.05) is 49.2 Å². The van der Waals surface area contributed by atoms with E-state index in [4.69, 9.17) is 21.6 Å². The molecule has 30 heavy (non-hydrogen) atoms. The Bertz CT molecular complexity index is 1440. The molecule has 2 aromatic carbocycles. The lowest BCUT2D eigenvalue weighted by molar-refractivity contribution is 0.607. The van der Waals surface area contributed by atoms with Crippen molar-refractivity contribution in [1.82, 2.24) is 24.1 Å². The fourth-order valence-electron chi connectivity index (χ4n) is 3.75. The SMILES string of the molecule is CCCCn1cnc2c(c1=O)c1nc3ccccc3nc1n2Cc1ccc(Cl)cc1. The average molecular weight is 418 g/mol. The Morgan fingerprint density at radius 1 is 0.967 bits per heavy atom. The first-order chi connectivity index (χ1) is 14.7. The molecule has 0 fully saturated rings. The molecule has 0 atom stereocenters. The molecule has 0 amide bonds. The number of nitrogens with zero attached hydrogens (tertiary/aromatic N) is 5. The minimum absolute atomic E-state index is 0.0714. The molecule has 0 saturated carbocycles. The van der Waals surface area contributed by atoms with E-state index in [-0.39, 0.29) is 5.56 Å². The van der Waals surface area contributed by atoms with E-state index in [9.17, 15) is 4.79 Å². The quantitative estimate of drug-likeness (QED) is 0.412. The van der Waals surface area contributed by atoms with Gasteiger partial charge in [-0.3, -0.25) is 9.36 Å². The van der Waals surface area contributed by atoms with Crippen molar-refractivity contribution in [2.24, 2.45) is 0 Å². The predicted octanol–water partition coefficient (Wildman–Crippen LogP) is 4.80. The monoisotopic (exact) mass is 417 g/mol. The molecule has 7 heteroatoms. The van der Waals surface area contributed by atoms with Crippen LogP contribution < -0.4 is 5.56 Å². The predicted molar refractivity (Wildman–Crippen MR) is 120 cm³/mol. The van der Waals surface area contributed by atoms with Gasteiger partial charge in [-0.05, 0) is 36.2 Å². The summed E-state index contributed by atoms with van der Waals surface area (Å²) >= 11 is 6.04. The van der Waals surface area contributed by atoms with Crippen LogP contribution in [0.4, 0.5) is 0 Å². The maximum atomic E-state index is 13.3. The zero-order chi connectivity index (χ0) is 20.7. The molecule has 5 rings (SSSR count). The highest BCUT2D eigenvalue weighted by molar-refractivity contribution is 6.30. The van der Waals surface area contributed by atoms with Gasteiger partial charge in [0.1, 0.15) is 10.9 Å². The Morgan fingerprint density at radius 2 is 1.70 bits per heavy atom. The Morgan fingerprint density at radius 3 is 2.43 bits per heavy atom. The second-order valence-corrected chi connectivity index (χ2v) is 7.83. The van der Waals surface area contributed by atoms with Gasteiger partial charge in [-0.25, -0.2) is 15.0 Å². The first-order valence-corrected chi connectivity index (χ1v) is 10.4. The van der Waals surface area contributed by atoms with Crippen molar-refractivity contribution in [2.45, 2.75) is 32.9 Å². The van der Waals surface area contributed by atoms with Crippen LogP contribution in [0.1, 0.15) is 25.3 Å². The molecule has 6 nitrogen and oxygen atoms in total. The summed E-state index contributed by atoms with van der Waals surface area (Å²) in [5.74, 6) is 0. The van der Waals surface area contributed by atoms with Crippen molar-refractivity contribution in [3.63, 3.8) is 0 Å². The van der Waals surface area contributed by atoms with Crippen LogP contribution in [0, 0.1) is 0 Å². The zero-order valence-electron chi connectivity index (χ0n) is 16.5. The van der Waals surface area contributed by atoms with Crippen molar-refractivity contribution in [3.05, 3.63) is 75.8 Å². The summed E-state index contributed by atoms with van der Waals surface area (Å²) in [7, 11) is 0. The summed E-state index contributed by atoms with van der Waals surface area (Å²) in [5.41, 5.74) is 4.39. The van der Waals surface area contributed by atoms with Crippen LogP contribution in [0.15, 0.2) is 59.7 Å². The standard InChI is InChI=1S/C23H20ClN5O/c1-2-3-12-28-14-25-21-19(23(28)30)20-22(27-18-7-5-4-6-17(18)26-20)29(21)13-15-8-10-16(24)11-9-15/h4-11,14H,2-3,12-13H2,1H3. The van der Waals surface area contributed by atoms with E-state index in [1.807, 2.05) is 53.1 Å². The Kier molecular flexibility index (Phi) is 4.71. The third-order valence-corrected chi connectivity index (χ3v) is 5.58. The second-order valence-electron chi connectivity index (χ2n) is 7.39. The van der Waals surface area contributed by atoms with Crippen LogP contribution in [0.5, 0.6) is 0 Å². The lowest BCUT2D eigenvalue weighted by atomic mass is 10.2. The van der Waals surface area contributed by atoms with Crippen molar-refractivity contribution in [1.29, 1.82) is 0 Å². The number of benzene rings is 2. The Balaban J connectivity index is 1.81. The van der Waals surface area contributed by atoms with Gasteiger partial charge in [-0.15, -0.1) is 0 Å². The maximum Gasteiger partial charge on any atom is 0.265 e. The number of para-hydroxylation sites is 2. The smallest absolute Gasteiger partial charge is 0.265 e. The van der Waals surface area contributed by atoms with E-state index >= 15 is 0 Å². The highest BCUT2D eigenvalue weighted by Gasteiger charge is 2.19.